The van der Waals surface area contributed by atoms with E-state index in [-0.39, 0.29) is 0 Å². The standard InChI is InChI=1S/C9H6BrN3O2S/c10-7-11-12-8(16-7)13(9(14)15)6-4-2-1-3-5-6/h1-5H,(H,14,15). The third-order valence-corrected chi connectivity index (χ3v) is 3.13. The van der Waals surface area contributed by atoms with E-state index in [1.807, 2.05) is 6.07 Å². The van der Waals surface area contributed by atoms with Gasteiger partial charge in [0.2, 0.25) is 5.13 Å². The van der Waals surface area contributed by atoms with E-state index in [1.54, 1.807) is 24.3 Å². The second-order valence-corrected chi connectivity index (χ2v) is 5.02. The SMILES string of the molecule is O=C(O)N(c1ccccc1)c1nnc(Br)s1. The molecule has 1 aromatic heterocycles. The highest BCUT2D eigenvalue weighted by molar-refractivity contribution is 9.11. The van der Waals surface area contributed by atoms with Gasteiger partial charge in [0, 0.05) is 0 Å². The molecule has 2 rings (SSSR count). The summed E-state index contributed by atoms with van der Waals surface area (Å²) in [5.74, 6) is 0. The third kappa shape index (κ3) is 2.20. The van der Waals surface area contributed by atoms with Crippen molar-refractivity contribution in [1.82, 2.24) is 10.2 Å². The molecule has 0 bridgehead atoms. The molecule has 0 saturated heterocycles. The van der Waals surface area contributed by atoms with Crippen LogP contribution in [0.3, 0.4) is 0 Å². The van der Waals surface area contributed by atoms with E-state index in [1.165, 1.54) is 0 Å². The molecule has 1 amide bonds. The molecule has 0 aliphatic heterocycles. The van der Waals surface area contributed by atoms with E-state index in [9.17, 15) is 4.79 Å². The summed E-state index contributed by atoms with van der Waals surface area (Å²) in [4.78, 5) is 12.2. The molecule has 0 spiro atoms. The van der Waals surface area contributed by atoms with Gasteiger partial charge in [0.15, 0.2) is 3.92 Å². The van der Waals surface area contributed by atoms with Crippen molar-refractivity contribution in [2.24, 2.45) is 0 Å². The third-order valence-electron chi connectivity index (χ3n) is 1.79. The van der Waals surface area contributed by atoms with Gasteiger partial charge in [-0.25, -0.2) is 9.69 Å². The summed E-state index contributed by atoms with van der Waals surface area (Å²) in [6, 6.07) is 8.75. The highest BCUT2D eigenvalue weighted by atomic mass is 79.9. The minimum Gasteiger partial charge on any atom is -0.464 e. The number of carbonyl (C=O) groups is 1. The molecule has 0 unspecified atom stereocenters. The Bertz CT molecular complexity index is 502. The fraction of sp³-hybridized carbons (Fsp3) is 0. The Balaban J connectivity index is 2.43. The van der Waals surface area contributed by atoms with Crippen molar-refractivity contribution in [2.45, 2.75) is 0 Å². The monoisotopic (exact) mass is 299 g/mol. The fourth-order valence-electron chi connectivity index (χ4n) is 1.17. The summed E-state index contributed by atoms with van der Waals surface area (Å²) in [7, 11) is 0. The molecule has 0 aliphatic rings. The quantitative estimate of drug-likeness (QED) is 0.925. The van der Waals surface area contributed by atoms with Crippen LogP contribution in [-0.2, 0) is 0 Å². The van der Waals surface area contributed by atoms with Crippen molar-refractivity contribution in [2.75, 3.05) is 4.90 Å². The maximum atomic E-state index is 11.2. The summed E-state index contributed by atoms with van der Waals surface area (Å²) in [5, 5.41) is 17.0. The van der Waals surface area contributed by atoms with Crippen LogP contribution in [-0.4, -0.2) is 21.4 Å². The van der Waals surface area contributed by atoms with Crippen molar-refractivity contribution < 1.29 is 9.90 Å². The van der Waals surface area contributed by atoms with E-state index in [2.05, 4.69) is 26.1 Å². The molecule has 82 valence electrons. The lowest BCUT2D eigenvalue weighted by molar-refractivity contribution is 0.204. The summed E-state index contributed by atoms with van der Waals surface area (Å²) in [6.07, 6.45) is -1.09. The molecule has 16 heavy (non-hydrogen) atoms. The van der Waals surface area contributed by atoms with Gasteiger partial charge in [-0.05, 0) is 28.1 Å². The van der Waals surface area contributed by atoms with Crippen molar-refractivity contribution in [3.05, 3.63) is 34.2 Å². The number of anilines is 2. The molecule has 0 saturated carbocycles. The number of hydrogen-bond acceptors (Lipinski definition) is 4. The van der Waals surface area contributed by atoms with E-state index in [0.29, 0.717) is 14.7 Å². The average molecular weight is 300 g/mol. The largest absolute Gasteiger partial charge is 0.464 e. The molecule has 0 radical (unpaired) electrons. The van der Waals surface area contributed by atoms with Crippen LogP contribution in [0.25, 0.3) is 0 Å². The second-order valence-electron chi connectivity index (χ2n) is 2.79. The lowest BCUT2D eigenvalue weighted by atomic mass is 10.3. The number of hydrogen-bond donors (Lipinski definition) is 1. The summed E-state index contributed by atoms with van der Waals surface area (Å²) >= 11 is 4.31. The van der Waals surface area contributed by atoms with E-state index in [0.717, 1.165) is 16.2 Å². The van der Waals surface area contributed by atoms with Gasteiger partial charge < -0.3 is 5.11 Å². The molecular formula is C9H6BrN3O2S. The maximum Gasteiger partial charge on any atom is 0.418 e. The predicted molar refractivity (Wildman–Crippen MR) is 64.2 cm³/mol. The van der Waals surface area contributed by atoms with Gasteiger partial charge in [0.1, 0.15) is 0 Å². The van der Waals surface area contributed by atoms with Gasteiger partial charge >= 0.3 is 6.09 Å². The lowest BCUT2D eigenvalue weighted by Crippen LogP contribution is -2.23. The fourth-order valence-corrected chi connectivity index (χ4v) is 2.27. The number of carboxylic acid groups (broad SMARTS) is 1. The van der Waals surface area contributed by atoms with Crippen molar-refractivity contribution >= 4 is 44.2 Å². The zero-order chi connectivity index (χ0) is 11.5. The van der Waals surface area contributed by atoms with Gasteiger partial charge in [0.05, 0.1) is 5.69 Å². The average Bonchev–Trinajstić information content (AvgIpc) is 2.66. The van der Waals surface area contributed by atoms with E-state index in [4.69, 9.17) is 5.11 Å². The van der Waals surface area contributed by atoms with Crippen LogP contribution in [0.1, 0.15) is 0 Å². The summed E-state index contributed by atoms with van der Waals surface area (Å²) in [6.45, 7) is 0. The topological polar surface area (TPSA) is 66.3 Å². The van der Waals surface area contributed by atoms with Crippen molar-refractivity contribution in [3.8, 4) is 0 Å². The lowest BCUT2D eigenvalue weighted by Gasteiger charge is -2.14. The Morgan fingerprint density at radius 2 is 2.00 bits per heavy atom. The van der Waals surface area contributed by atoms with Crippen LogP contribution >= 0.6 is 27.3 Å². The number of benzene rings is 1. The number of halogens is 1. The van der Waals surface area contributed by atoms with Gasteiger partial charge in [-0.2, -0.15) is 0 Å². The number of rotatable bonds is 2. The first kappa shape index (κ1) is 11.0. The van der Waals surface area contributed by atoms with Crippen LogP contribution in [0, 0.1) is 0 Å². The van der Waals surface area contributed by atoms with E-state index < -0.39 is 6.09 Å². The Morgan fingerprint density at radius 1 is 1.31 bits per heavy atom. The first-order valence-electron chi connectivity index (χ1n) is 4.25. The van der Waals surface area contributed by atoms with Crippen LogP contribution in [0.15, 0.2) is 34.2 Å². The molecule has 7 heteroatoms. The Morgan fingerprint density at radius 3 is 2.50 bits per heavy atom. The first-order chi connectivity index (χ1) is 7.68. The minimum absolute atomic E-state index is 0.311. The number of amides is 1. The smallest absolute Gasteiger partial charge is 0.418 e. The molecule has 5 nitrogen and oxygen atoms in total. The summed E-state index contributed by atoms with van der Waals surface area (Å²) in [5.41, 5.74) is 0.540. The highest BCUT2D eigenvalue weighted by Gasteiger charge is 2.20. The molecule has 2 aromatic rings. The molecule has 1 N–H and O–H groups in total. The summed E-state index contributed by atoms with van der Waals surface area (Å²) < 4.78 is 0.546. The highest BCUT2D eigenvalue weighted by Crippen LogP contribution is 2.30. The number of aromatic nitrogens is 2. The van der Waals surface area contributed by atoms with Crippen LogP contribution < -0.4 is 4.90 Å². The number of nitrogens with zero attached hydrogens (tertiary/aromatic N) is 3. The van der Waals surface area contributed by atoms with Crippen molar-refractivity contribution in [1.29, 1.82) is 0 Å². The molecule has 0 fully saturated rings. The van der Waals surface area contributed by atoms with Gasteiger partial charge in [0.25, 0.3) is 0 Å². The Hall–Kier alpha value is -1.47. The minimum atomic E-state index is -1.09. The van der Waals surface area contributed by atoms with Gasteiger partial charge in [-0.15, -0.1) is 10.2 Å². The van der Waals surface area contributed by atoms with Crippen LogP contribution in [0.4, 0.5) is 15.6 Å². The molecule has 0 atom stereocenters. The van der Waals surface area contributed by atoms with Gasteiger partial charge in [-0.1, -0.05) is 29.5 Å². The molecule has 0 aliphatic carbocycles. The first-order valence-corrected chi connectivity index (χ1v) is 5.86. The molecular weight excluding hydrogens is 294 g/mol. The Labute approximate surface area is 103 Å². The van der Waals surface area contributed by atoms with Crippen LogP contribution in [0.2, 0.25) is 0 Å². The Kier molecular flexibility index (Phi) is 3.16. The van der Waals surface area contributed by atoms with E-state index >= 15 is 0 Å². The zero-order valence-electron chi connectivity index (χ0n) is 7.87. The number of para-hydroxylation sites is 1. The van der Waals surface area contributed by atoms with Crippen LogP contribution in [0.5, 0.6) is 0 Å². The normalized spacial score (nSPS) is 10.1. The maximum absolute atomic E-state index is 11.2. The van der Waals surface area contributed by atoms with Crippen molar-refractivity contribution in [3.63, 3.8) is 0 Å². The predicted octanol–water partition coefficient (Wildman–Crippen LogP) is 3.12. The molecule has 1 aromatic carbocycles. The zero-order valence-corrected chi connectivity index (χ0v) is 10.3. The molecule has 1 heterocycles. The second kappa shape index (κ2) is 4.58. The van der Waals surface area contributed by atoms with Gasteiger partial charge in [-0.3, -0.25) is 0 Å².